The van der Waals surface area contributed by atoms with Crippen LogP contribution in [0.1, 0.15) is 34.6 Å². The second kappa shape index (κ2) is 11.7. The normalized spacial score (nSPS) is 14.5. The minimum Gasteiger partial charge on any atom is -0.343 e. The lowest BCUT2D eigenvalue weighted by Gasteiger charge is -2.25. The summed E-state index contributed by atoms with van der Waals surface area (Å²) in [5, 5.41) is 20.8. The minimum absolute atomic E-state index is 0.119. The van der Waals surface area contributed by atoms with Gasteiger partial charge in [-0.1, -0.05) is 13.8 Å². The molecule has 6 N–H and O–H groups in total. The second-order valence-corrected chi connectivity index (χ2v) is 7.77. The fraction of sp³-hybridized carbons (Fsp3) is 0.500. The fourth-order valence-corrected chi connectivity index (χ4v) is 2.51. The van der Waals surface area contributed by atoms with E-state index in [0.717, 1.165) is 0 Å². The highest BCUT2D eigenvalue weighted by molar-refractivity contribution is 5.98. The standard InChI is InChI=1S/C20H30N6O6/c1-10(2)16(25-19(29)13(5)22-17(27)11(3)21)20(30)23-12(4)18(28)24-14-6-8-15(9-7-14)26(31)32/h6-13,16H,21H2,1-5H3,(H,22,27)(H,23,30)(H,24,28)(H,25,29). The Labute approximate surface area is 185 Å². The number of non-ortho nitro benzene ring substituents is 1. The van der Waals surface area contributed by atoms with Gasteiger partial charge in [0, 0.05) is 17.8 Å². The van der Waals surface area contributed by atoms with Gasteiger partial charge in [0.15, 0.2) is 0 Å². The third-order valence-corrected chi connectivity index (χ3v) is 4.51. The largest absolute Gasteiger partial charge is 0.343 e. The molecule has 0 saturated heterocycles. The van der Waals surface area contributed by atoms with Crippen LogP contribution in [0.5, 0.6) is 0 Å². The van der Waals surface area contributed by atoms with Gasteiger partial charge >= 0.3 is 0 Å². The molecule has 1 aromatic rings. The molecule has 4 unspecified atom stereocenters. The highest BCUT2D eigenvalue weighted by Gasteiger charge is 2.29. The van der Waals surface area contributed by atoms with Gasteiger partial charge in [-0.15, -0.1) is 0 Å². The van der Waals surface area contributed by atoms with Crippen molar-refractivity contribution in [3.05, 3.63) is 34.4 Å². The van der Waals surface area contributed by atoms with Crippen LogP contribution < -0.4 is 27.0 Å². The van der Waals surface area contributed by atoms with Crippen molar-refractivity contribution in [2.45, 2.75) is 58.8 Å². The molecule has 12 nitrogen and oxygen atoms in total. The van der Waals surface area contributed by atoms with Gasteiger partial charge in [0.05, 0.1) is 11.0 Å². The van der Waals surface area contributed by atoms with Crippen molar-refractivity contribution in [3.63, 3.8) is 0 Å². The summed E-state index contributed by atoms with van der Waals surface area (Å²) in [6.07, 6.45) is 0. The quantitative estimate of drug-likeness (QED) is 0.246. The summed E-state index contributed by atoms with van der Waals surface area (Å²) in [6.45, 7) is 7.84. The molecule has 0 aromatic heterocycles. The SMILES string of the molecule is CC(N)C(=O)NC(C)C(=O)NC(C(=O)NC(C)C(=O)Nc1ccc([N+](=O)[O-])cc1)C(C)C. The van der Waals surface area contributed by atoms with Crippen LogP contribution >= 0.6 is 0 Å². The van der Waals surface area contributed by atoms with Gasteiger partial charge < -0.3 is 27.0 Å². The first-order valence-corrected chi connectivity index (χ1v) is 10.1. The highest BCUT2D eigenvalue weighted by atomic mass is 16.6. The number of nitro benzene ring substituents is 1. The first-order valence-electron chi connectivity index (χ1n) is 10.1. The molecule has 0 fully saturated rings. The van der Waals surface area contributed by atoms with Crippen molar-refractivity contribution >= 4 is 35.0 Å². The number of amides is 4. The molecule has 0 radical (unpaired) electrons. The number of nitrogens with two attached hydrogens (primary N) is 1. The van der Waals surface area contributed by atoms with Gasteiger partial charge in [0.25, 0.3) is 5.69 Å². The van der Waals surface area contributed by atoms with Crippen molar-refractivity contribution in [1.29, 1.82) is 0 Å². The van der Waals surface area contributed by atoms with Gasteiger partial charge in [0.1, 0.15) is 18.1 Å². The fourth-order valence-electron chi connectivity index (χ4n) is 2.51. The van der Waals surface area contributed by atoms with Gasteiger partial charge in [-0.2, -0.15) is 0 Å². The molecule has 0 aliphatic rings. The zero-order valence-corrected chi connectivity index (χ0v) is 18.7. The number of hydrogen-bond acceptors (Lipinski definition) is 7. The molecule has 0 aliphatic carbocycles. The molecule has 0 heterocycles. The summed E-state index contributed by atoms with van der Waals surface area (Å²) in [6, 6.07) is 1.63. The Morgan fingerprint density at radius 1 is 0.812 bits per heavy atom. The second-order valence-electron chi connectivity index (χ2n) is 7.77. The van der Waals surface area contributed by atoms with Crippen LogP contribution in [0.15, 0.2) is 24.3 Å². The van der Waals surface area contributed by atoms with Crippen molar-refractivity contribution in [2.75, 3.05) is 5.32 Å². The maximum Gasteiger partial charge on any atom is 0.269 e. The van der Waals surface area contributed by atoms with E-state index in [4.69, 9.17) is 5.73 Å². The molecule has 12 heteroatoms. The van der Waals surface area contributed by atoms with Crippen molar-refractivity contribution < 1.29 is 24.1 Å². The Bertz CT molecular complexity index is 855. The molecule has 0 spiro atoms. The van der Waals surface area contributed by atoms with Gasteiger partial charge in [-0.3, -0.25) is 29.3 Å². The zero-order chi connectivity index (χ0) is 24.6. The van der Waals surface area contributed by atoms with E-state index in [2.05, 4.69) is 21.3 Å². The maximum absolute atomic E-state index is 12.7. The molecule has 4 atom stereocenters. The lowest BCUT2D eigenvalue weighted by Crippen LogP contribution is -2.57. The van der Waals surface area contributed by atoms with Crippen molar-refractivity contribution in [3.8, 4) is 0 Å². The molecule has 0 bridgehead atoms. The Kier molecular flexibility index (Phi) is 9.72. The summed E-state index contributed by atoms with van der Waals surface area (Å²) in [5.74, 6) is -2.50. The third-order valence-electron chi connectivity index (χ3n) is 4.51. The third kappa shape index (κ3) is 7.95. The van der Waals surface area contributed by atoms with E-state index in [0.29, 0.717) is 5.69 Å². The highest BCUT2D eigenvalue weighted by Crippen LogP contribution is 2.15. The smallest absolute Gasteiger partial charge is 0.269 e. The van der Waals surface area contributed by atoms with Crippen LogP contribution in [0.3, 0.4) is 0 Å². The Balaban J connectivity index is 2.71. The van der Waals surface area contributed by atoms with Gasteiger partial charge in [0.2, 0.25) is 23.6 Å². The molecule has 32 heavy (non-hydrogen) atoms. The molecule has 1 rings (SSSR count). The molecule has 1 aromatic carbocycles. The minimum atomic E-state index is -0.953. The summed E-state index contributed by atoms with van der Waals surface area (Å²) in [4.78, 5) is 59.2. The molecule has 4 amide bonds. The van der Waals surface area contributed by atoms with Crippen LogP contribution in [0.25, 0.3) is 0 Å². The predicted molar refractivity (Wildman–Crippen MR) is 117 cm³/mol. The molecule has 0 saturated carbocycles. The average molecular weight is 450 g/mol. The maximum atomic E-state index is 12.7. The number of nitrogens with one attached hydrogen (secondary N) is 4. The van der Waals surface area contributed by atoms with E-state index in [1.54, 1.807) is 13.8 Å². The lowest BCUT2D eigenvalue weighted by molar-refractivity contribution is -0.384. The lowest BCUT2D eigenvalue weighted by atomic mass is 10.0. The number of benzene rings is 1. The van der Waals surface area contributed by atoms with E-state index in [1.165, 1.54) is 45.0 Å². The average Bonchev–Trinajstić information content (AvgIpc) is 2.71. The summed E-state index contributed by atoms with van der Waals surface area (Å²) < 4.78 is 0. The predicted octanol–water partition coefficient (Wildman–Crippen LogP) is 0.0307. The van der Waals surface area contributed by atoms with Gasteiger partial charge in [-0.05, 0) is 38.8 Å². The number of hydrogen-bond donors (Lipinski definition) is 5. The first-order chi connectivity index (χ1) is 14.8. The van der Waals surface area contributed by atoms with E-state index < -0.39 is 52.7 Å². The molecule has 176 valence electrons. The number of anilines is 1. The van der Waals surface area contributed by atoms with Crippen molar-refractivity contribution in [2.24, 2.45) is 11.7 Å². The van der Waals surface area contributed by atoms with Crippen LogP contribution in [0, 0.1) is 16.0 Å². The van der Waals surface area contributed by atoms with Crippen LogP contribution in [-0.2, 0) is 19.2 Å². The number of nitro groups is 1. The van der Waals surface area contributed by atoms with Gasteiger partial charge in [-0.25, -0.2) is 0 Å². The molecular weight excluding hydrogens is 420 g/mol. The monoisotopic (exact) mass is 450 g/mol. The Hall–Kier alpha value is -3.54. The molecule has 0 aliphatic heterocycles. The summed E-state index contributed by atoms with van der Waals surface area (Å²) in [5.41, 5.74) is 5.67. The first kappa shape index (κ1) is 26.5. The number of nitrogens with zero attached hydrogens (tertiary/aromatic N) is 1. The zero-order valence-electron chi connectivity index (χ0n) is 18.7. The van der Waals surface area contributed by atoms with Crippen LogP contribution in [0.4, 0.5) is 11.4 Å². The number of carbonyl (C=O) groups is 4. The van der Waals surface area contributed by atoms with Crippen LogP contribution in [0.2, 0.25) is 0 Å². The van der Waals surface area contributed by atoms with E-state index >= 15 is 0 Å². The van der Waals surface area contributed by atoms with E-state index in [1.807, 2.05) is 0 Å². The van der Waals surface area contributed by atoms with E-state index in [9.17, 15) is 29.3 Å². The molecular formula is C20H30N6O6. The number of carbonyl (C=O) groups excluding carboxylic acids is 4. The van der Waals surface area contributed by atoms with Crippen molar-refractivity contribution in [1.82, 2.24) is 16.0 Å². The topological polar surface area (TPSA) is 186 Å². The summed E-state index contributed by atoms with van der Waals surface area (Å²) >= 11 is 0. The summed E-state index contributed by atoms with van der Waals surface area (Å²) in [7, 11) is 0. The number of rotatable bonds is 10. The van der Waals surface area contributed by atoms with Crippen LogP contribution in [-0.4, -0.2) is 52.7 Å². The van der Waals surface area contributed by atoms with E-state index in [-0.39, 0.29) is 11.6 Å². The Morgan fingerprint density at radius 2 is 1.31 bits per heavy atom. The Morgan fingerprint density at radius 3 is 1.78 bits per heavy atom.